The van der Waals surface area contributed by atoms with Gasteiger partial charge in [-0.1, -0.05) is 45.9 Å². The summed E-state index contributed by atoms with van der Waals surface area (Å²) < 4.78 is 14.2. The largest absolute Gasteiger partial charge is 0.508 e. The van der Waals surface area contributed by atoms with E-state index in [1.165, 1.54) is 6.07 Å². The van der Waals surface area contributed by atoms with Gasteiger partial charge in [-0.3, -0.25) is 0 Å². The van der Waals surface area contributed by atoms with E-state index in [1.54, 1.807) is 18.2 Å². The molecule has 22 heavy (non-hydrogen) atoms. The van der Waals surface area contributed by atoms with E-state index in [0.29, 0.717) is 17.5 Å². The van der Waals surface area contributed by atoms with Crippen LogP contribution in [0, 0.1) is 5.82 Å². The Morgan fingerprint density at radius 2 is 1.68 bits per heavy atom. The Bertz CT molecular complexity index is 652. The van der Waals surface area contributed by atoms with Crippen LogP contribution in [0.1, 0.15) is 50.3 Å². The normalized spacial score (nSPS) is 11.9. The third-order valence-corrected chi connectivity index (χ3v) is 4.02. The van der Waals surface area contributed by atoms with Gasteiger partial charge in [0.2, 0.25) is 0 Å². The van der Waals surface area contributed by atoms with Crippen LogP contribution in [-0.2, 0) is 11.8 Å². The average Bonchev–Trinajstić information content (AvgIpc) is 2.36. The van der Waals surface area contributed by atoms with E-state index in [1.807, 2.05) is 39.8 Å². The van der Waals surface area contributed by atoms with Gasteiger partial charge >= 0.3 is 0 Å². The Labute approximate surface area is 131 Å². The monoisotopic (exact) mass is 302 g/mol. The molecule has 2 aromatic carbocycles. The Kier molecular flexibility index (Phi) is 4.45. The molecule has 0 bridgehead atoms. The molecular formula is C19H23FO2. The van der Waals surface area contributed by atoms with Crippen LogP contribution in [0.4, 0.5) is 4.39 Å². The maximum Gasteiger partial charge on any atom is 0.130 e. The lowest BCUT2D eigenvalue weighted by atomic mass is 9.78. The maximum absolute atomic E-state index is 14.2. The molecule has 0 aliphatic carbocycles. The summed E-state index contributed by atoms with van der Waals surface area (Å²) in [6.07, 6.45) is 0.521. The second kappa shape index (κ2) is 5.99. The first-order valence-electron chi connectivity index (χ1n) is 7.52. The number of aromatic hydroxyl groups is 2. The van der Waals surface area contributed by atoms with Crippen LogP contribution in [0.15, 0.2) is 36.4 Å². The highest BCUT2D eigenvalue weighted by Gasteiger charge is 2.25. The van der Waals surface area contributed by atoms with E-state index in [9.17, 15) is 14.6 Å². The van der Waals surface area contributed by atoms with Gasteiger partial charge in [0.05, 0.1) is 0 Å². The van der Waals surface area contributed by atoms with Gasteiger partial charge in [-0.2, -0.15) is 0 Å². The molecule has 0 spiro atoms. The highest BCUT2D eigenvalue weighted by atomic mass is 19.1. The minimum Gasteiger partial charge on any atom is -0.508 e. The van der Waals surface area contributed by atoms with Crippen LogP contribution in [0.3, 0.4) is 0 Å². The third-order valence-electron chi connectivity index (χ3n) is 4.02. The second-order valence-electron chi connectivity index (χ2n) is 6.74. The van der Waals surface area contributed by atoms with Gasteiger partial charge in [-0.15, -0.1) is 0 Å². The fraction of sp³-hybridized carbons (Fsp3) is 0.368. The summed E-state index contributed by atoms with van der Waals surface area (Å²) >= 11 is 0. The molecule has 2 N–H and O–H groups in total. The molecule has 0 saturated heterocycles. The van der Waals surface area contributed by atoms with E-state index in [2.05, 4.69) is 0 Å². The number of benzene rings is 2. The minimum atomic E-state index is -0.377. The van der Waals surface area contributed by atoms with Gasteiger partial charge in [-0.05, 0) is 47.1 Å². The van der Waals surface area contributed by atoms with E-state index in [4.69, 9.17) is 0 Å². The highest BCUT2D eigenvalue weighted by Crippen LogP contribution is 2.36. The molecule has 0 radical (unpaired) electrons. The zero-order chi connectivity index (χ0) is 16.5. The van der Waals surface area contributed by atoms with Crippen molar-refractivity contribution < 1.29 is 14.6 Å². The molecule has 2 nitrogen and oxygen atoms in total. The van der Waals surface area contributed by atoms with Crippen molar-refractivity contribution >= 4 is 0 Å². The Morgan fingerprint density at radius 3 is 2.23 bits per heavy atom. The van der Waals surface area contributed by atoms with Gasteiger partial charge < -0.3 is 10.2 Å². The van der Waals surface area contributed by atoms with Crippen molar-refractivity contribution in [2.75, 3.05) is 0 Å². The Balaban J connectivity index is 2.37. The maximum atomic E-state index is 14.2. The smallest absolute Gasteiger partial charge is 0.130 e. The lowest BCUT2D eigenvalue weighted by molar-refractivity contribution is 0.430. The molecule has 0 atom stereocenters. The predicted octanol–water partition coefficient (Wildman–Crippen LogP) is 4.88. The molecule has 3 heteroatoms. The second-order valence-corrected chi connectivity index (χ2v) is 6.74. The highest BCUT2D eigenvalue weighted by molar-refractivity contribution is 5.43. The van der Waals surface area contributed by atoms with Gasteiger partial charge in [0.15, 0.2) is 0 Å². The molecule has 0 saturated carbocycles. The number of halogens is 1. The summed E-state index contributed by atoms with van der Waals surface area (Å²) in [6.45, 7) is 7.69. The summed E-state index contributed by atoms with van der Waals surface area (Å²) in [5.74, 6) is -0.215. The summed E-state index contributed by atoms with van der Waals surface area (Å²) in [5.41, 5.74) is 1.50. The van der Waals surface area contributed by atoms with E-state index < -0.39 is 0 Å². The Morgan fingerprint density at radius 1 is 1.05 bits per heavy atom. The number of para-hydroxylation sites is 1. The summed E-state index contributed by atoms with van der Waals surface area (Å²) in [7, 11) is 0. The first-order chi connectivity index (χ1) is 10.2. The number of phenols is 2. The summed E-state index contributed by atoms with van der Waals surface area (Å²) in [6, 6.07) is 10.3. The number of rotatable bonds is 4. The average molecular weight is 302 g/mol. The number of hydrogen-bond donors (Lipinski definition) is 2. The lowest BCUT2D eigenvalue weighted by Gasteiger charge is -2.26. The van der Waals surface area contributed by atoms with Crippen LogP contribution in [0.2, 0.25) is 0 Å². The van der Waals surface area contributed by atoms with Crippen LogP contribution >= 0.6 is 0 Å². The molecule has 0 aliphatic heterocycles. The third kappa shape index (κ3) is 3.24. The number of phenolic OH excluding ortho intramolecular Hbond substituents is 2. The van der Waals surface area contributed by atoms with Crippen molar-refractivity contribution in [3.05, 3.63) is 58.9 Å². The molecule has 0 unspecified atom stereocenters. The topological polar surface area (TPSA) is 40.5 Å². The van der Waals surface area contributed by atoms with Crippen molar-refractivity contribution in [1.29, 1.82) is 0 Å². The molecule has 0 fully saturated rings. The number of hydrogen-bond acceptors (Lipinski definition) is 2. The van der Waals surface area contributed by atoms with Gasteiger partial charge in [-0.25, -0.2) is 4.39 Å². The van der Waals surface area contributed by atoms with Gasteiger partial charge in [0.25, 0.3) is 0 Å². The summed E-state index contributed by atoms with van der Waals surface area (Å²) in [5, 5.41) is 20.1. The van der Waals surface area contributed by atoms with Crippen molar-refractivity contribution in [2.45, 2.75) is 45.4 Å². The van der Waals surface area contributed by atoms with Crippen molar-refractivity contribution in [2.24, 2.45) is 0 Å². The molecule has 2 rings (SSSR count). The van der Waals surface area contributed by atoms with Crippen LogP contribution < -0.4 is 0 Å². The molecule has 0 aliphatic rings. The van der Waals surface area contributed by atoms with Crippen LogP contribution in [0.5, 0.6) is 11.5 Å². The first-order valence-corrected chi connectivity index (χ1v) is 7.52. The predicted molar refractivity (Wildman–Crippen MR) is 87.0 cm³/mol. The fourth-order valence-corrected chi connectivity index (χ4v) is 2.98. The standard InChI is InChI=1S/C19H23FO2/c1-12(2)18-15(20)9-13(10-17(18)22)11-19(3,4)14-7-5-6-8-16(14)21/h5-10,12,21-22H,11H2,1-4H3. The van der Waals surface area contributed by atoms with E-state index >= 15 is 0 Å². The zero-order valence-corrected chi connectivity index (χ0v) is 13.5. The van der Waals surface area contributed by atoms with Crippen molar-refractivity contribution in [3.8, 4) is 11.5 Å². The first kappa shape index (κ1) is 16.3. The Hall–Kier alpha value is -2.03. The molecule has 0 heterocycles. The van der Waals surface area contributed by atoms with Gasteiger partial charge in [0.1, 0.15) is 17.3 Å². The van der Waals surface area contributed by atoms with E-state index in [0.717, 1.165) is 5.56 Å². The summed E-state index contributed by atoms with van der Waals surface area (Å²) in [4.78, 5) is 0. The molecular weight excluding hydrogens is 279 g/mol. The minimum absolute atomic E-state index is 0.00177. The SMILES string of the molecule is CC(C)c1c(O)cc(CC(C)(C)c2ccccc2O)cc1F. The molecule has 2 aromatic rings. The van der Waals surface area contributed by atoms with E-state index in [-0.39, 0.29) is 28.6 Å². The van der Waals surface area contributed by atoms with Crippen molar-refractivity contribution in [3.63, 3.8) is 0 Å². The van der Waals surface area contributed by atoms with Crippen LogP contribution in [0.25, 0.3) is 0 Å². The quantitative estimate of drug-likeness (QED) is 0.845. The molecule has 0 aromatic heterocycles. The van der Waals surface area contributed by atoms with Gasteiger partial charge in [0, 0.05) is 5.56 Å². The lowest BCUT2D eigenvalue weighted by Crippen LogP contribution is -2.20. The molecule has 0 amide bonds. The van der Waals surface area contributed by atoms with Crippen molar-refractivity contribution in [1.82, 2.24) is 0 Å². The van der Waals surface area contributed by atoms with Crippen LogP contribution in [-0.4, -0.2) is 10.2 Å². The molecule has 118 valence electrons. The zero-order valence-electron chi connectivity index (χ0n) is 13.5. The fourth-order valence-electron chi connectivity index (χ4n) is 2.98.